The van der Waals surface area contributed by atoms with Gasteiger partial charge >= 0.3 is 0 Å². The molecule has 4 heterocycles. The zero-order chi connectivity index (χ0) is 22.1. The van der Waals surface area contributed by atoms with Crippen LogP contribution in [-0.4, -0.2) is 50.7 Å². The highest BCUT2D eigenvalue weighted by atomic mass is 32.1. The molecule has 8 heteroatoms. The Morgan fingerprint density at radius 3 is 2.91 bits per heavy atom. The molecule has 3 aromatic heterocycles. The zero-order valence-corrected chi connectivity index (χ0v) is 18.8. The SMILES string of the molecule is CNC(=O)c1sc2ccccc2c1C[C@@H]1CCCCCN1C(=O)c1cn2cccnc2n1. The second kappa shape index (κ2) is 8.70. The van der Waals surface area contributed by atoms with E-state index in [1.807, 2.05) is 29.3 Å². The maximum Gasteiger partial charge on any atom is 0.274 e. The number of amides is 2. The molecule has 0 unspecified atom stereocenters. The van der Waals surface area contributed by atoms with Gasteiger partial charge in [0.2, 0.25) is 5.78 Å². The minimum Gasteiger partial charge on any atom is -0.354 e. The lowest BCUT2D eigenvalue weighted by Crippen LogP contribution is -2.41. The Balaban J connectivity index is 1.51. The third-order valence-corrected chi connectivity index (χ3v) is 7.38. The maximum atomic E-state index is 13.5. The molecule has 5 rings (SSSR count). The molecule has 2 amide bonds. The monoisotopic (exact) mass is 447 g/mol. The van der Waals surface area contributed by atoms with Crippen LogP contribution < -0.4 is 5.32 Å². The van der Waals surface area contributed by atoms with Gasteiger partial charge in [0.15, 0.2) is 0 Å². The van der Waals surface area contributed by atoms with Crippen molar-refractivity contribution in [1.82, 2.24) is 24.6 Å². The van der Waals surface area contributed by atoms with Crippen LogP contribution in [0.4, 0.5) is 0 Å². The number of nitrogens with one attached hydrogen (secondary N) is 1. The van der Waals surface area contributed by atoms with Gasteiger partial charge in [-0.1, -0.05) is 31.0 Å². The summed E-state index contributed by atoms with van der Waals surface area (Å²) in [6.07, 6.45) is 9.98. The molecule has 0 bridgehead atoms. The zero-order valence-electron chi connectivity index (χ0n) is 18.0. The van der Waals surface area contributed by atoms with E-state index in [0.29, 0.717) is 24.4 Å². The third kappa shape index (κ3) is 3.75. The van der Waals surface area contributed by atoms with Gasteiger partial charge in [0.1, 0.15) is 5.69 Å². The van der Waals surface area contributed by atoms with Gasteiger partial charge in [-0.05, 0) is 42.3 Å². The average molecular weight is 448 g/mol. The summed E-state index contributed by atoms with van der Waals surface area (Å²) in [4.78, 5) is 37.6. The van der Waals surface area contributed by atoms with Crippen LogP contribution in [-0.2, 0) is 6.42 Å². The average Bonchev–Trinajstić information content (AvgIpc) is 3.33. The van der Waals surface area contributed by atoms with E-state index in [4.69, 9.17) is 0 Å². The van der Waals surface area contributed by atoms with Crippen molar-refractivity contribution in [3.63, 3.8) is 0 Å². The molecule has 1 aliphatic heterocycles. The highest BCUT2D eigenvalue weighted by molar-refractivity contribution is 7.21. The second-order valence-electron chi connectivity index (χ2n) is 8.14. The number of carbonyl (C=O) groups excluding carboxylic acids is 2. The van der Waals surface area contributed by atoms with Gasteiger partial charge in [0, 0.05) is 42.9 Å². The summed E-state index contributed by atoms with van der Waals surface area (Å²) < 4.78 is 2.87. The smallest absolute Gasteiger partial charge is 0.274 e. The molecule has 0 spiro atoms. The molecule has 1 N–H and O–H groups in total. The first-order valence-electron chi connectivity index (χ1n) is 11.0. The van der Waals surface area contributed by atoms with Crippen LogP contribution in [0.2, 0.25) is 0 Å². The molecule has 1 aliphatic rings. The summed E-state index contributed by atoms with van der Waals surface area (Å²) in [5.74, 6) is 0.385. The van der Waals surface area contributed by atoms with E-state index in [2.05, 4.69) is 27.4 Å². The number of benzene rings is 1. The molecule has 1 aromatic carbocycles. The van der Waals surface area contributed by atoms with Crippen LogP contribution in [0, 0.1) is 0 Å². The van der Waals surface area contributed by atoms with Crippen molar-refractivity contribution in [2.24, 2.45) is 0 Å². The molecule has 1 saturated heterocycles. The van der Waals surface area contributed by atoms with E-state index in [0.717, 1.165) is 46.2 Å². The van der Waals surface area contributed by atoms with Gasteiger partial charge in [-0.25, -0.2) is 9.97 Å². The number of likely N-dealkylation sites (tertiary alicyclic amines) is 1. The number of thiophene rings is 1. The number of hydrogen-bond donors (Lipinski definition) is 1. The lowest BCUT2D eigenvalue weighted by atomic mass is 9.97. The minimum atomic E-state index is -0.0703. The highest BCUT2D eigenvalue weighted by Gasteiger charge is 2.30. The van der Waals surface area contributed by atoms with E-state index in [-0.39, 0.29) is 17.9 Å². The first kappa shape index (κ1) is 20.6. The van der Waals surface area contributed by atoms with Crippen molar-refractivity contribution in [1.29, 1.82) is 0 Å². The number of aromatic nitrogens is 3. The Morgan fingerprint density at radius 1 is 1.19 bits per heavy atom. The summed E-state index contributed by atoms with van der Waals surface area (Å²) in [6, 6.07) is 9.96. The number of carbonyl (C=O) groups is 2. The van der Waals surface area contributed by atoms with Crippen LogP contribution in [0.5, 0.6) is 0 Å². The Hall–Kier alpha value is -3.26. The minimum absolute atomic E-state index is 0.0178. The number of rotatable bonds is 4. The van der Waals surface area contributed by atoms with Crippen molar-refractivity contribution >= 4 is 39.0 Å². The standard InChI is InChI=1S/C24H25N5O2S/c1-25-22(30)21-18(17-9-4-5-10-20(17)32-21)14-16-8-3-2-6-13-29(16)23(31)19-15-28-12-7-11-26-24(28)27-19/h4-5,7,9-12,15-16H,2-3,6,8,13-14H2,1H3,(H,25,30)/t16-/m0/s1. The first-order chi connectivity index (χ1) is 15.7. The van der Waals surface area contributed by atoms with Crippen LogP contribution in [0.25, 0.3) is 15.9 Å². The van der Waals surface area contributed by atoms with Gasteiger partial charge < -0.3 is 10.2 Å². The molecule has 1 fully saturated rings. The van der Waals surface area contributed by atoms with E-state index in [1.165, 1.54) is 11.3 Å². The third-order valence-electron chi connectivity index (χ3n) is 6.16. The fourth-order valence-electron chi connectivity index (χ4n) is 4.57. The lowest BCUT2D eigenvalue weighted by Gasteiger charge is -2.30. The molecule has 32 heavy (non-hydrogen) atoms. The Labute approximate surface area is 190 Å². The summed E-state index contributed by atoms with van der Waals surface area (Å²) in [5, 5.41) is 3.88. The Morgan fingerprint density at radius 2 is 2.06 bits per heavy atom. The molecular weight excluding hydrogens is 422 g/mol. The molecule has 1 atom stereocenters. The van der Waals surface area contributed by atoms with Gasteiger partial charge in [-0.2, -0.15) is 0 Å². The van der Waals surface area contributed by atoms with E-state index in [1.54, 1.807) is 23.8 Å². The molecule has 4 aromatic rings. The first-order valence-corrected chi connectivity index (χ1v) is 11.8. The fraction of sp³-hybridized carbons (Fsp3) is 0.333. The Kier molecular flexibility index (Phi) is 5.61. The van der Waals surface area contributed by atoms with Crippen molar-refractivity contribution in [2.75, 3.05) is 13.6 Å². The molecular formula is C24H25N5O2S. The number of fused-ring (bicyclic) bond motifs is 2. The molecule has 7 nitrogen and oxygen atoms in total. The molecule has 0 saturated carbocycles. The predicted molar refractivity (Wildman–Crippen MR) is 125 cm³/mol. The maximum absolute atomic E-state index is 13.5. The fourth-order valence-corrected chi connectivity index (χ4v) is 5.75. The highest BCUT2D eigenvalue weighted by Crippen LogP contribution is 2.34. The summed E-state index contributed by atoms with van der Waals surface area (Å²) >= 11 is 1.52. The van der Waals surface area contributed by atoms with Gasteiger partial charge in [-0.3, -0.25) is 14.0 Å². The topological polar surface area (TPSA) is 79.6 Å². The lowest BCUT2D eigenvalue weighted by molar-refractivity contribution is 0.0677. The summed E-state index contributed by atoms with van der Waals surface area (Å²) in [7, 11) is 1.66. The normalized spacial score (nSPS) is 16.9. The quantitative estimate of drug-likeness (QED) is 0.514. The predicted octanol–water partition coefficient (Wildman–Crippen LogP) is 3.93. The number of imidazole rings is 1. The van der Waals surface area contributed by atoms with Crippen LogP contribution >= 0.6 is 11.3 Å². The van der Waals surface area contributed by atoms with Crippen molar-refractivity contribution in [3.05, 3.63) is 65.1 Å². The summed E-state index contributed by atoms with van der Waals surface area (Å²) in [6.45, 7) is 0.697. The Bertz CT molecular complexity index is 1260. The van der Waals surface area contributed by atoms with Crippen molar-refractivity contribution in [2.45, 2.75) is 38.1 Å². The van der Waals surface area contributed by atoms with Gasteiger partial charge in [0.25, 0.3) is 11.8 Å². The van der Waals surface area contributed by atoms with E-state index < -0.39 is 0 Å². The largest absolute Gasteiger partial charge is 0.354 e. The van der Waals surface area contributed by atoms with Crippen molar-refractivity contribution in [3.8, 4) is 0 Å². The van der Waals surface area contributed by atoms with Crippen molar-refractivity contribution < 1.29 is 9.59 Å². The van der Waals surface area contributed by atoms with Gasteiger partial charge in [0.05, 0.1) is 4.88 Å². The molecule has 164 valence electrons. The van der Waals surface area contributed by atoms with Gasteiger partial charge in [-0.15, -0.1) is 11.3 Å². The number of nitrogens with zero attached hydrogens (tertiary/aromatic N) is 4. The van der Waals surface area contributed by atoms with E-state index >= 15 is 0 Å². The van der Waals surface area contributed by atoms with Crippen LogP contribution in [0.1, 0.15) is 51.4 Å². The van der Waals surface area contributed by atoms with Crippen LogP contribution in [0.15, 0.2) is 48.9 Å². The summed E-state index contributed by atoms with van der Waals surface area (Å²) in [5.41, 5.74) is 1.45. The second-order valence-corrected chi connectivity index (χ2v) is 9.20. The van der Waals surface area contributed by atoms with E-state index in [9.17, 15) is 9.59 Å². The molecule has 0 aliphatic carbocycles. The van der Waals surface area contributed by atoms with Crippen LogP contribution in [0.3, 0.4) is 0 Å². The molecule has 0 radical (unpaired) electrons. The number of hydrogen-bond acceptors (Lipinski definition) is 5.